The lowest BCUT2D eigenvalue weighted by Gasteiger charge is -2.31. The van der Waals surface area contributed by atoms with E-state index >= 15 is 0 Å². The van der Waals surface area contributed by atoms with Gasteiger partial charge in [0.15, 0.2) is 0 Å². The average Bonchev–Trinajstić information content (AvgIpc) is 3.24. The van der Waals surface area contributed by atoms with Gasteiger partial charge in [0, 0.05) is 6.04 Å². The Bertz CT molecular complexity index is 431. The zero-order chi connectivity index (χ0) is 12.8. The normalized spacial score (nSPS) is 22.6. The maximum atomic E-state index is 12.6. The number of amides is 1. The van der Waals surface area contributed by atoms with Crippen molar-refractivity contribution in [3.63, 3.8) is 0 Å². The van der Waals surface area contributed by atoms with Crippen LogP contribution in [0.3, 0.4) is 0 Å². The number of carbonyl (C=O) groups excluding carboxylic acids is 1. The molecule has 98 valence electrons. The molecular weight excluding hydrogens is 228 g/mol. The minimum atomic E-state index is -0.699. The van der Waals surface area contributed by atoms with E-state index in [0.717, 1.165) is 31.4 Å². The van der Waals surface area contributed by atoms with Crippen molar-refractivity contribution in [2.45, 2.75) is 50.7 Å². The molecule has 1 atom stereocenters. The minimum Gasteiger partial charge on any atom is -0.467 e. The van der Waals surface area contributed by atoms with Gasteiger partial charge in [0.05, 0.1) is 18.3 Å². The zero-order valence-corrected chi connectivity index (χ0v) is 10.8. The van der Waals surface area contributed by atoms with E-state index in [2.05, 4.69) is 0 Å². The Hall–Kier alpha value is -1.29. The van der Waals surface area contributed by atoms with Crippen LogP contribution in [-0.4, -0.2) is 22.4 Å². The topological polar surface area (TPSA) is 59.5 Å². The van der Waals surface area contributed by atoms with Crippen LogP contribution in [0.4, 0.5) is 0 Å². The number of carbonyl (C=O) groups is 1. The fraction of sp³-hybridized carbons (Fsp3) is 0.643. The summed E-state index contributed by atoms with van der Waals surface area (Å²) in [5, 5.41) is 0. The molecule has 0 spiro atoms. The zero-order valence-electron chi connectivity index (χ0n) is 10.8. The lowest BCUT2D eigenvalue weighted by atomic mass is 9.95. The predicted octanol–water partition coefficient (Wildman–Crippen LogP) is 1.90. The van der Waals surface area contributed by atoms with Gasteiger partial charge in [0.1, 0.15) is 5.76 Å². The van der Waals surface area contributed by atoms with E-state index in [4.69, 9.17) is 10.2 Å². The maximum Gasteiger partial charge on any atom is 0.243 e. The quantitative estimate of drug-likeness (QED) is 0.865. The molecule has 0 radical (unpaired) electrons. The molecule has 18 heavy (non-hydrogen) atoms. The van der Waals surface area contributed by atoms with Gasteiger partial charge < -0.3 is 15.1 Å². The van der Waals surface area contributed by atoms with Gasteiger partial charge in [-0.25, -0.2) is 0 Å². The molecule has 2 aliphatic rings. The first-order chi connectivity index (χ1) is 8.59. The van der Waals surface area contributed by atoms with Crippen LogP contribution in [0.5, 0.6) is 0 Å². The van der Waals surface area contributed by atoms with Crippen molar-refractivity contribution in [2.24, 2.45) is 11.7 Å². The molecule has 2 saturated carbocycles. The molecule has 1 aromatic rings. The summed E-state index contributed by atoms with van der Waals surface area (Å²) >= 11 is 0. The van der Waals surface area contributed by atoms with Crippen molar-refractivity contribution in [1.29, 1.82) is 0 Å². The third kappa shape index (κ3) is 2.17. The van der Waals surface area contributed by atoms with Crippen molar-refractivity contribution >= 4 is 5.91 Å². The van der Waals surface area contributed by atoms with E-state index in [1.165, 1.54) is 0 Å². The molecule has 2 N–H and O–H groups in total. The highest BCUT2D eigenvalue weighted by Gasteiger charge is 2.48. The fourth-order valence-electron chi connectivity index (χ4n) is 2.49. The van der Waals surface area contributed by atoms with Gasteiger partial charge in [0.25, 0.3) is 0 Å². The molecule has 1 unspecified atom stereocenters. The molecular formula is C14H20N2O2. The summed E-state index contributed by atoms with van der Waals surface area (Å²) < 4.78 is 5.35. The first kappa shape index (κ1) is 11.8. The molecule has 0 aromatic carbocycles. The molecule has 0 aliphatic heterocycles. The predicted molar refractivity (Wildman–Crippen MR) is 67.6 cm³/mol. The summed E-state index contributed by atoms with van der Waals surface area (Å²) in [6.07, 6.45) is 5.99. The van der Waals surface area contributed by atoms with Crippen molar-refractivity contribution in [2.75, 3.05) is 0 Å². The summed E-state index contributed by atoms with van der Waals surface area (Å²) in [6.45, 7) is 2.43. The lowest BCUT2D eigenvalue weighted by Crippen LogP contribution is -2.55. The molecule has 3 rings (SSSR count). The lowest BCUT2D eigenvalue weighted by molar-refractivity contribution is -0.138. The van der Waals surface area contributed by atoms with Gasteiger partial charge >= 0.3 is 0 Å². The van der Waals surface area contributed by atoms with Crippen LogP contribution in [0, 0.1) is 5.92 Å². The highest BCUT2D eigenvalue weighted by atomic mass is 16.3. The number of hydrogen-bond acceptors (Lipinski definition) is 3. The standard InChI is InChI=1S/C14H20N2O2/c1-14(15,10-4-5-10)13(17)16(11-6-7-11)9-12-3-2-8-18-12/h2-3,8,10-11H,4-7,9,15H2,1H3. The molecule has 1 aromatic heterocycles. The van der Waals surface area contributed by atoms with Crippen LogP contribution in [-0.2, 0) is 11.3 Å². The first-order valence-electron chi connectivity index (χ1n) is 6.71. The van der Waals surface area contributed by atoms with Crippen LogP contribution < -0.4 is 5.73 Å². The Balaban J connectivity index is 1.75. The van der Waals surface area contributed by atoms with Gasteiger partial charge in [-0.1, -0.05) is 0 Å². The number of nitrogens with zero attached hydrogens (tertiary/aromatic N) is 1. The van der Waals surface area contributed by atoms with Crippen molar-refractivity contribution in [1.82, 2.24) is 4.90 Å². The molecule has 0 saturated heterocycles. The van der Waals surface area contributed by atoms with Crippen LogP contribution in [0.15, 0.2) is 22.8 Å². The summed E-state index contributed by atoms with van der Waals surface area (Å²) in [4.78, 5) is 14.5. The third-order valence-electron chi connectivity index (χ3n) is 4.04. The summed E-state index contributed by atoms with van der Waals surface area (Å²) in [5.41, 5.74) is 5.54. The van der Waals surface area contributed by atoms with Crippen LogP contribution in [0.1, 0.15) is 38.4 Å². The Kier molecular flexibility index (Phi) is 2.70. The fourth-order valence-corrected chi connectivity index (χ4v) is 2.49. The smallest absolute Gasteiger partial charge is 0.243 e. The number of furan rings is 1. The van der Waals surface area contributed by atoms with E-state index in [9.17, 15) is 4.79 Å². The monoisotopic (exact) mass is 248 g/mol. The van der Waals surface area contributed by atoms with Crippen LogP contribution in [0.2, 0.25) is 0 Å². The van der Waals surface area contributed by atoms with E-state index in [-0.39, 0.29) is 5.91 Å². The Morgan fingerprint density at radius 3 is 2.72 bits per heavy atom. The molecule has 2 fully saturated rings. The van der Waals surface area contributed by atoms with Crippen molar-refractivity contribution in [3.05, 3.63) is 24.2 Å². The van der Waals surface area contributed by atoms with Crippen LogP contribution in [0.25, 0.3) is 0 Å². The highest BCUT2D eigenvalue weighted by Crippen LogP contribution is 2.41. The first-order valence-corrected chi connectivity index (χ1v) is 6.71. The van der Waals surface area contributed by atoms with Crippen molar-refractivity contribution < 1.29 is 9.21 Å². The Labute approximate surface area is 107 Å². The number of nitrogens with two attached hydrogens (primary N) is 1. The molecule has 0 bridgehead atoms. The molecule has 4 heteroatoms. The van der Waals surface area contributed by atoms with Gasteiger partial charge in [-0.15, -0.1) is 0 Å². The van der Waals surface area contributed by atoms with Crippen LogP contribution >= 0.6 is 0 Å². The molecule has 1 heterocycles. The van der Waals surface area contributed by atoms with E-state index in [0.29, 0.717) is 18.5 Å². The molecule has 4 nitrogen and oxygen atoms in total. The van der Waals surface area contributed by atoms with Gasteiger partial charge in [-0.3, -0.25) is 4.79 Å². The Morgan fingerprint density at radius 2 is 2.22 bits per heavy atom. The van der Waals surface area contributed by atoms with Crippen molar-refractivity contribution in [3.8, 4) is 0 Å². The van der Waals surface area contributed by atoms with Gasteiger partial charge in [0.2, 0.25) is 5.91 Å². The maximum absolute atomic E-state index is 12.6. The van der Waals surface area contributed by atoms with E-state index < -0.39 is 5.54 Å². The minimum absolute atomic E-state index is 0.0869. The molecule has 2 aliphatic carbocycles. The summed E-state index contributed by atoms with van der Waals surface area (Å²) in [5.74, 6) is 1.29. The number of hydrogen-bond donors (Lipinski definition) is 1. The second kappa shape index (κ2) is 4.12. The molecule has 1 amide bonds. The van der Waals surface area contributed by atoms with E-state index in [1.807, 2.05) is 24.0 Å². The second-order valence-electron chi connectivity index (χ2n) is 5.80. The third-order valence-corrected chi connectivity index (χ3v) is 4.04. The largest absolute Gasteiger partial charge is 0.467 e. The van der Waals surface area contributed by atoms with Gasteiger partial charge in [-0.2, -0.15) is 0 Å². The van der Waals surface area contributed by atoms with E-state index in [1.54, 1.807) is 6.26 Å². The second-order valence-corrected chi connectivity index (χ2v) is 5.80. The number of rotatable bonds is 5. The van der Waals surface area contributed by atoms with Gasteiger partial charge in [-0.05, 0) is 50.7 Å². The Morgan fingerprint density at radius 1 is 1.50 bits per heavy atom. The summed E-state index contributed by atoms with van der Waals surface area (Å²) in [6, 6.07) is 4.13. The average molecular weight is 248 g/mol. The SMILES string of the molecule is CC(N)(C(=O)N(Cc1ccco1)C1CC1)C1CC1. The summed E-state index contributed by atoms with van der Waals surface area (Å²) in [7, 11) is 0. The highest BCUT2D eigenvalue weighted by molar-refractivity contribution is 5.87.